The molecule has 1 heterocycles. The predicted molar refractivity (Wildman–Crippen MR) is 79.1 cm³/mol. The Balaban J connectivity index is 1.98. The van der Waals surface area contributed by atoms with Gasteiger partial charge in [0, 0.05) is 22.7 Å². The lowest BCUT2D eigenvalue weighted by Crippen LogP contribution is -2.24. The number of anilines is 1. The number of nitrogen functional groups attached to an aromatic ring is 1. The summed E-state index contributed by atoms with van der Waals surface area (Å²) >= 11 is 0. The third-order valence-corrected chi connectivity index (χ3v) is 4.60. The van der Waals surface area contributed by atoms with Crippen LogP contribution < -0.4 is 5.73 Å². The van der Waals surface area contributed by atoms with Gasteiger partial charge in [0.25, 0.3) is 0 Å². The minimum atomic E-state index is 0.575. The molecule has 0 aliphatic heterocycles. The van der Waals surface area contributed by atoms with Gasteiger partial charge in [-0.05, 0) is 43.7 Å². The molecule has 96 valence electrons. The number of rotatable bonds is 0. The Morgan fingerprint density at radius 3 is 2.95 bits per heavy atom. The summed E-state index contributed by atoms with van der Waals surface area (Å²) in [7, 11) is 0. The number of pyridine rings is 1. The van der Waals surface area contributed by atoms with E-state index in [1.807, 2.05) is 12.1 Å². The van der Waals surface area contributed by atoms with Crippen LogP contribution in [0.4, 0.5) is 5.69 Å². The average molecular weight is 250 g/mol. The molecule has 1 aromatic carbocycles. The molecule has 2 aromatic rings. The number of nitrogens with two attached hydrogens (primary N) is 1. The second-order valence-electron chi connectivity index (χ2n) is 6.02. The van der Waals surface area contributed by atoms with Gasteiger partial charge in [-0.2, -0.15) is 0 Å². The van der Waals surface area contributed by atoms with Gasteiger partial charge in [0.1, 0.15) is 0 Å². The zero-order valence-electron chi connectivity index (χ0n) is 11.2. The molecule has 4 rings (SSSR count). The first-order valence-corrected chi connectivity index (χ1v) is 7.06. The number of allylic oxidation sites excluding steroid dienone is 2. The highest BCUT2D eigenvalue weighted by Crippen LogP contribution is 2.45. The Morgan fingerprint density at radius 2 is 2.05 bits per heavy atom. The van der Waals surface area contributed by atoms with E-state index < -0.39 is 0 Å². The van der Waals surface area contributed by atoms with Crippen LogP contribution in [0.2, 0.25) is 0 Å². The van der Waals surface area contributed by atoms with Crippen molar-refractivity contribution >= 4 is 16.6 Å². The lowest BCUT2D eigenvalue weighted by molar-refractivity contribution is 0.431. The number of aromatic nitrogens is 1. The molecule has 2 N–H and O–H groups in total. The highest BCUT2D eigenvalue weighted by Gasteiger charge is 2.32. The predicted octanol–water partition coefficient (Wildman–Crippen LogP) is 3.81. The fourth-order valence-corrected chi connectivity index (χ4v) is 3.84. The van der Waals surface area contributed by atoms with Crippen LogP contribution in [0.15, 0.2) is 35.9 Å². The van der Waals surface area contributed by atoms with Gasteiger partial charge in [-0.25, -0.2) is 0 Å². The summed E-state index contributed by atoms with van der Waals surface area (Å²) in [5, 5.41) is 1.11. The molecule has 2 nitrogen and oxygen atoms in total. The molecule has 0 fully saturated rings. The third kappa shape index (κ3) is 1.59. The van der Waals surface area contributed by atoms with Crippen LogP contribution in [0.5, 0.6) is 0 Å². The standard InChI is InChI=1S/C17H18N2/c1-10-6-11-8-12(7-10)17-14(9-11)16(18)13-4-2-3-5-15(13)19-17/h2-6,11-12H,7-9H2,1H3,(H2,18,19)/t11-,12+/m1/s1. The molecule has 2 heteroatoms. The zero-order chi connectivity index (χ0) is 13.0. The monoisotopic (exact) mass is 250 g/mol. The Bertz CT molecular complexity index is 700. The van der Waals surface area contributed by atoms with Crippen LogP contribution in [-0.2, 0) is 6.42 Å². The van der Waals surface area contributed by atoms with Gasteiger partial charge in [-0.1, -0.05) is 29.8 Å². The second-order valence-corrected chi connectivity index (χ2v) is 6.02. The van der Waals surface area contributed by atoms with Gasteiger partial charge in [0.15, 0.2) is 0 Å². The first kappa shape index (κ1) is 11.0. The van der Waals surface area contributed by atoms with Crippen molar-refractivity contribution in [3.8, 4) is 0 Å². The number of hydrogen-bond donors (Lipinski definition) is 1. The van der Waals surface area contributed by atoms with Crippen molar-refractivity contribution in [2.75, 3.05) is 5.73 Å². The Hall–Kier alpha value is -1.83. The van der Waals surface area contributed by atoms with Crippen molar-refractivity contribution in [2.24, 2.45) is 5.92 Å². The average Bonchev–Trinajstić information content (AvgIpc) is 2.40. The molecule has 0 unspecified atom stereocenters. The number of para-hydroxylation sites is 1. The van der Waals surface area contributed by atoms with E-state index in [2.05, 4.69) is 25.1 Å². The molecule has 2 bridgehead atoms. The fourth-order valence-electron chi connectivity index (χ4n) is 3.84. The van der Waals surface area contributed by atoms with Crippen LogP contribution in [0.3, 0.4) is 0 Å². The Morgan fingerprint density at radius 1 is 1.21 bits per heavy atom. The van der Waals surface area contributed by atoms with Crippen LogP contribution in [0.25, 0.3) is 10.9 Å². The molecule has 0 saturated heterocycles. The Kier molecular flexibility index (Phi) is 2.22. The zero-order valence-corrected chi connectivity index (χ0v) is 11.2. The maximum absolute atomic E-state index is 6.42. The van der Waals surface area contributed by atoms with Crippen LogP contribution >= 0.6 is 0 Å². The number of benzene rings is 1. The molecule has 2 aliphatic carbocycles. The summed E-state index contributed by atoms with van der Waals surface area (Å²) in [6, 6.07) is 8.24. The van der Waals surface area contributed by atoms with Gasteiger partial charge in [-0.3, -0.25) is 4.98 Å². The van der Waals surface area contributed by atoms with Crippen molar-refractivity contribution in [2.45, 2.75) is 32.1 Å². The van der Waals surface area contributed by atoms with Crippen molar-refractivity contribution in [3.05, 3.63) is 47.2 Å². The maximum Gasteiger partial charge on any atom is 0.0726 e. The normalized spacial score (nSPS) is 25.0. The topological polar surface area (TPSA) is 38.9 Å². The third-order valence-electron chi connectivity index (χ3n) is 4.60. The molecule has 0 amide bonds. The largest absolute Gasteiger partial charge is 0.398 e. The maximum atomic E-state index is 6.42. The highest BCUT2D eigenvalue weighted by molar-refractivity contribution is 5.92. The van der Waals surface area contributed by atoms with Crippen molar-refractivity contribution in [1.29, 1.82) is 0 Å². The number of fused-ring (bicyclic) bond motifs is 5. The highest BCUT2D eigenvalue weighted by atomic mass is 14.8. The Labute approximate surface area is 113 Å². The van der Waals surface area contributed by atoms with E-state index in [4.69, 9.17) is 10.7 Å². The summed E-state index contributed by atoms with van der Waals surface area (Å²) < 4.78 is 0. The fraction of sp³-hybridized carbons (Fsp3) is 0.353. The van der Waals surface area contributed by atoms with Gasteiger partial charge < -0.3 is 5.73 Å². The quantitative estimate of drug-likeness (QED) is 0.722. The van der Waals surface area contributed by atoms with E-state index in [1.165, 1.54) is 23.3 Å². The lowest BCUT2D eigenvalue weighted by Gasteiger charge is -2.34. The van der Waals surface area contributed by atoms with Gasteiger partial charge in [-0.15, -0.1) is 0 Å². The van der Waals surface area contributed by atoms with E-state index in [0.29, 0.717) is 11.8 Å². The lowest BCUT2D eigenvalue weighted by atomic mass is 9.72. The van der Waals surface area contributed by atoms with Crippen molar-refractivity contribution < 1.29 is 0 Å². The van der Waals surface area contributed by atoms with Crippen LogP contribution in [0, 0.1) is 5.92 Å². The van der Waals surface area contributed by atoms with E-state index >= 15 is 0 Å². The van der Waals surface area contributed by atoms with Gasteiger partial charge in [0.05, 0.1) is 5.52 Å². The molecule has 0 spiro atoms. The first-order chi connectivity index (χ1) is 9.22. The van der Waals surface area contributed by atoms with E-state index in [9.17, 15) is 0 Å². The van der Waals surface area contributed by atoms with E-state index in [0.717, 1.165) is 29.4 Å². The van der Waals surface area contributed by atoms with E-state index in [-0.39, 0.29) is 0 Å². The molecule has 0 saturated carbocycles. The van der Waals surface area contributed by atoms with Gasteiger partial charge >= 0.3 is 0 Å². The molecular weight excluding hydrogens is 232 g/mol. The second kappa shape index (κ2) is 3.83. The molecular formula is C17H18N2. The molecule has 2 aliphatic rings. The molecule has 19 heavy (non-hydrogen) atoms. The number of nitrogens with zero attached hydrogens (tertiary/aromatic N) is 1. The van der Waals surface area contributed by atoms with Gasteiger partial charge in [0.2, 0.25) is 0 Å². The summed E-state index contributed by atoms with van der Waals surface area (Å²) in [5.41, 5.74) is 12.5. The van der Waals surface area contributed by atoms with Crippen LogP contribution in [0.1, 0.15) is 36.9 Å². The molecule has 0 radical (unpaired) electrons. The van der Waals surface area contributed by atoms with Crippen molar-refractivity contribution in [1.82, 2.24) is 4.98 Å². The molecule has 2 atom stereocenters. The first-order valence-electron chi connectivity index (χ1n) is 7.06. The SMILES string of the molecule is CC1=C[C@H]2Cc3c(nc4ccccc4c3N)[C@@H](C1)C2. The minimum Gasteiger partial charge on any atom is -0.398 e. The summed E-state index contributed by atoms with van der Waals surface area (Å²) in [6.45, 7) is 2.24. The van der Waals surface area contributed by atoms with Crippen LogP contribution in [-0.4, -0.2) is 4.98 Å². The summed E-state index contributed by atoms with van der Waals surface area (Å²) in [4.78, 5) is 4.92. The summed E-state index contributed by atoms with van der Waals surface area (Å²) in [6.07, 6.45) is 5.89. The number of hydrogen-bond acceptors (Lipinski definition) is 2. The van der Waals surface area contributed by atoms with E-state index in [1.54, 1.807) is 0 Å². The van der Waals surface area contributed by atoms with Crippen molar-refractivity contribution in [3.63, 3.8) is 0 Å². The molecule has 1 aromatic heterocycles. The minimum absolute atomic E-state index is 0.575. The smallest absolute Gasteiger partial charge is 0.0726 e. The summed E-state index contributed by atoms with van der Waals surface area (Å²) in [5.74, 6) is 1.24.